The van der Waals surface area contributed by atoms with Gasteiger partial charge in [0, 0.05) is 4.47 Å². The summed E-state index contributed by atoms with van der Waals surface area (Å²) in [6, 6.07) is 7.04. The lowest BCUT2D eigenvalue weighted by molar-refractivity contribution is 0.358. The van der Waals surface area contributed by atoms with Gasteiger partial charge in [0.2, 0.25) is 0 Å². The van der Waals surface area contributed by atoms with Crippen LogP contribution in [-0.2, 0) is 0 Å². The fourth-order valence-corrected chi connectivity index (χ4v) is 2.98. The van der Waals surface area contributed by atoms with E-state index in [1.54, 1.807) is 24.3 Å². The van der Waals surface area contributed by atoms with Gasteiger partial charge in [0.1, 0.15) is 0 Å². The third-order valence-electron chi connectivity index (χ3n) is 2.43. The first-order valence-corrected chi connectivity index (χ1v) is 7.24. The molecule has 0 N–H and O–H groups in total. The van der Waals surface area contributed by atoms with E-state index >= 15 is 0 Å². The van der Waals surface area contributed by atoms with Gasteiger partial charge in [-0.2, -0.15) is 0 Å². The fraction of sp³-hybridized carbons (Fsp3) is 0. The molecule has 2 aromatic rings. The summed E-state index contributed by atoms with van der Waals surface area (Å²) in [4.78, 5) is 0. The summed E-state index contributed by atoms with van der Waals surface area (Å²) in [6.07, 6.45) is 0. The number of hydrogen-bond acceptors (Lipinski definition) is 2. The van der Waals surface area contributed by atoms with Crippen LogP contribution in [0.4, 0.5) is 0 Å². The highest BCUT2D eigenvalue weighted by Crippen LogP contribution is 2.55. The number of benzene rings is 2. The first-order chi connectivity index (χ1) is 8.58. The van der Waals surface area contributed by atoms with Gasteiger partial charge < -0.3 is 9.47 Å². The van der Waals surface area contributed by atoms with Gasteiger partial charge in [-0.3, -0.25) is 0 Å². The van der Waals surface area contributed by atoms with Gasteiger partial charge in [0.25, 0.3) is 0 Å². The Morgan fingerprint density at radius 2 is 1.67 bits per heavy atom. The van der Waals surface area contributed by atoms with Crippen LogP contribution in [-0.4, -0.2) is 0 Å². The van der Waals surface area contributed by atoms with Crippen molar-refractivity contribution < 1.29 is 9.47 Å². The molecule has 1 aliphatic rings. The largest absolute Gasteiger partial charge is 0.448 e. The van der Waals surface area contributed by atoms with Crippen LogP contribution in [0.1, 0.15) is 0 Å². The van der Waals surface area contributed by atoms with Gasteiger partial charge in [-0.05, 0) is 50.1 Å². The molecule has 0 radical (unpaired) electrons. The average molecular weight is 411 g/mol. The summed E-state index contributed by atoms with van der Waals surface area (Å²) in [7, 11) is 0. The first kappa shape index (κ1) is 12.6. The number of rotatable bonds is 0. The van der Waals surface area contributed by atoms with E-state index in [1.807, 2.05) is 0 Å². The number of ether oxygens (including phenoxy) is 2. The molecular weight excluding hydrogens is 407 g/mol. The van der Waals surface area contributed by atoms with Crippen molar-refractivity contribution >= 4 is 55.1 Å². The van der Waals surface area contributed by atoms with Crippen LogP contribution in [0.3, 0.4) is 0 Å². The van der Waals surface area contributed by atoms with Crippen molar-refractivity contribution in [3.63, 3.8) is 0 Å². The quantitative estimate of drug-likeness (QED) is 0.398. The number of hydrogen-bond donors (Lipinski definition) is 0. The van der Waals surface area contributed by atoms with E-state index in [9.17, 15) is 0 Å². The van der Waals surface area contributed by atoms with Gasteiger partial charge in [0.05, 0.1) is 14.5 Å². The molecule has 2 nitrogen and oxygen atoms in total. The van der Waals surface area contributed by atoms with Crippen LogP contribution in [0, 0.1) is 0 Å². The Balaban J connectivity index is 2.23. The highest BCUT2D eigenvalue weighted by molar-refractivity contribution is 9.13. The number of halogens is 4. The molecule has 0 aromatic heterocycles. The minimum Gasteiger partial charge on any atom is -0.448 e. The van der Waals surface area contributed by atoms with Crippen molar-refractivity contribution in [3.05, 3.63) is 43.3 Å². The molecule has 92 valence electrons. The fourth-order valence-electron chi connectivity index (χ4n) is 1.62. The van der Waals surface area contributed by atoms with Crippen molar-refractivity contribution in [2.24, 2.45) is 0 Å². The molecule has 0 unspecified atom stereocenters. The predicted octanol–water partition coefficient (Wildman–Crippen LogP) is 6.42. The summed E-state index contributed by atoms with van der Waals surface area (Å²) in [5.41, 5.74) is 0. The number of fused-ring (bicyclic) bond motifs is 2. The highest BCUT2D eigenvalue weighted by atomic mass is 79.9. The molecule has 0 spiro atoms. The maximum Gasteiger partial charge on any atom is 0.189 e. The van der Waals surface area contributed by atoms with Crippen molar-refractivity contribution in [1.29, 1.82) is 0 Å². The molecule has 18 heavy (non-hydrogen) atoms. The minimum atomic E-state index is 0.464. The topological polar surface area (TPSA) is 18.5 Å². The third-order valence-corrected chi connectivity index (χ3v) is 4.96. The maximum atomic E-state index is 6.14. The first-order valence-electron chi connectivity index (χ1n) is 4.89. The molecule has 0 amide bonds. The van der Waals surface area contributed by atoms with Gasteiger partial charge >= 0.3 is 0 Å². The van der Waals surface area contributed by atoms with Crippen molar-refractivity contribution in [3.8, 4) is 23.0 Å². The Labute approximate surface area is 130 Å². The van der Waals surface area contributed by atoms with Crippen LogP contribution in [0.5, 0.6) is 23.0 Å². The summed E-state index contributed by atoms with van der Waals surface area (Å²) in [5.74, 6) is 2.02. The number of para-hydroxylation sites is 1. The Bertz CT molecular complexity index is 659. The second kappa shape index (κ2) is 4.60. The normalized spacial score (nSPS) is 12.2. The Hall–Kier alpha value is -0.420. The van der Waals surface area contributed by atoms with E-state index in [2.05, 4.69) is 31.9 Å². The lowest BCUT2D eigenvalue weighted by Gasteiger charge is -2.23. The van der Waals surface area contributed by atoms with Crippen LogP contribution < -0.4 is 9.47 Å². The molecule has 0 bridgehead atoms. The van der Waals surface area contributed by atoms with E-state index < -0.39 is 0 Å². The lowest BCUT2D eigenvalue weighted by atomic mass is 10.2. The predicted molar refractivity (Wildman–Crippen MR) is 78.5 cm³/mol. The van der Waals surface area contributed by atoms with E-state index in [1.165, 1.54) is 0 Å². The van der Waals surface area contributed by atoms with E-state index in [4.69, 9.17) is 32.7 Å². The van der Waals surface area contributed by atoms with Crippen molar-refractivity contribution in [2.75, 3.05) is 0 Å². The zero-order valence-corrected chi connectivity index (χ0v) is 13.3. The summed E-state index contributed by atoms with van der Waals surface area (Å²) in [5, 5.41) is 0.951. The SMILES string of the molecule is Clc1cccc2c1Oc1c(Br)c(Br)cc(Cl)c1O2. The van der Waals surface area contributed by atoms with E-state index in [0.29, 0.717) is 33.0 Å². The van der Waals surface area contributed by atoms with Crippen LogP contribution >= 0.6 is 55.1 Å². The van der Waals surface area contributed by atoms with Gasteiger partial charge in [0.15, 0.2) is 23.0 Å². The van der Waals surface area contributed by atoms with E-state index in [0.717, 1.165) is 8.95 Å². The minimum absolute atomic E-state index is 0.464. The average Bonchev–Trinajstić information content (AvgIpc) is 2.35. The molecule has 0 aliphatic carbocycles. The van der Waals surface area contributed by atoms with Gasteiger partial charge in [-0.15, -0.1) is 0 Å². The molecule has 0 atom stereocenters. The Morgan fingerprint density at radius 1 is 0.889 bits per heavy atom. The Morgan fingerprint density at radius 3 is 2.44 bits per heavy atom. The molecule has 0 saturated heterocycles. The highest BCUT2D eigenvalue weighted by Gasteiger charge is 2.26. The molecule has 1 heterocycles. The zero-order valence-electron chi connectivity index (χ0n) is 8.64. The maximum absolute atomic E-state index is 6.14. The summed E-state index contributed by atoms with van der Waals surface area (Å²) in [6.45, 7) is 0. The Kier molecular flexibility index (Phi) is 3.22. The molecular formula is C12H4Br2Cl2O2. The summed E-state index contributed by atoms with van der Waals surface area (Å²) < 4.78 is 13.0. The van der Waals surface area contributed by atoms with Crippen LogP contribution in [0.15, 0.2) is 33.2 Å². The monoisotopic (exact) mass is 408 g/mol. The lowest BCUT2D eigenvalue weighted by Crippen LogP contribution is -2.01. The van der Waals surface area contributed by atoms with Gasteiger partial charge in [-0.25, -0.2) is 0 Å². The smallest absolute Gasteiger partial charge is 0.189 e. The van der Waals surface area contributed by atoms with Gasteiger partial charge in [-0.1, -0.05) is 29.3 Å². The molecule has 3 rings (SSSR count). The van der Waals surface area contributed by atoms with Crippen LogP contribution in [0.25, 0.3) is 0 Å². The second-order valence-corrected chi connectivity index (χ2v) is 6.05. The van der Waals surface area contributed by atoms with Crippen molar-refractivity contribution in [1.82, 2.24) is 0 Å². The summed E-state index contributed by atoms with van der Waals surface area (Å²) >= 11 is 19.0. The standard InChI is InChI=1S/C12H4Br2Cl2O2/c13-5-4-7(16)11-12(9(5)14)18-10-6(15)2-1-3-8(10)17-11/h1-4H. The van der Waals surface area contributed by atoms with Crippen LogP contribution in [0.2, 0.25) is 10.0 Å². The molecule has 1 aliphatic heterocycles. The molecule has 6 heteroatoms. The molecule has 0 saturated carbocycles. The zero-order chi connectivity index (χ0) is 12.9. The van der Waals surface area contributed by atoms with E-state index in [-0.39, 0.29) is 0 Å². The molecule has 2 aromatic carbocycles. The second-order valence-electron chi connectivity index (χ2n) is 3.58. The third kappa shape index (κ3) is 1.92. The molecule has 0 fully saturated rings. The van der Waals surface area contributed by atoms with Crippen molar-refractivity contribution in [2.45, 2.75) is 0 Å².